The molecule has 2 aromatic rings. The SMILES string of the molecule is O=C(NCCCO)c1ccc(N2C(=O)c3nccnc3C2=O)cc1. The Bertz CT molecular complexity index is 769. The minimum atomic E-state index is -0.539. The molecule has 2 heterocycles. The van der Waals surface area contributed by atoms with Crippen molar-refractivity contribution < 1.29 is 19.5 Å². The van der Waals surface area contributed by atoms with Crippen LogP contribution in [0, 0.1) is 0 Å². The first-order valence-electron chi connectivity index (χ1n) is 7.32. The van der Waals surface area contributed by atoms with Gasteiger partial charge in [0.2, 0.25) is 0 Å². The zero-order valence-electron chi connectivity index (χ0n) is 12.6. The van der Waals surface area contributed by atoms with Gasteiger partial charge in [0.15, 0.2) is 11.4 Å². The van der Waals surface area contributed by atoms with Gasteiger partial charge in [-0.2, -0.15) is 0 Å². The lowest BCUT2D eigenvalue weighted by atomic mass is 10.2. The number of rotatable bonds is 5. The number of nitrogens with zero attached hydrogens (tertiary/aromatic N) is 3. The minimum absolute atomic E-state index is 0.00102. The van der Waals surface area contributed by atoms with Gasteiger partial charge in [0.25, 0.3) is 17.7 Å². The van der Waals surface area contributed by atoms with Gasteiger partial charge in [0, 0.05) is 31.1 Å². The normalized spacial score (nSPS) is 13.1. The van der Waals surface area contributed by atoms with Crippen molar-refractivity contribution >= 4 is 23.4 Å². The summed E-state index contributed by atoms with van der Waals surface area (Å²) in [6.45, 7) is 0.369. The third kappa shape index (κ3) is 2.74. The van der Waals surface area contributed by atoms with Crippen LogP contribution < -0.4 is 10.2 Å². The fourth-order valence-electron chi connectivity index (χ4n) is 2.33. The van der Waals surface area contributed by atoms with E-state index in [4.69, 9.17) is 5.11 Å². The average molecular weight is 326 g/mol. The molecule has 3 amide bonds. The zero-order chi connectivity index (χ0) is 17.1. The van der Waals surface area contributed by atoms with Crippen LogP contribution in [0.25, 0.3) is 0 Å². The van der Waals surface area contributed by atoms with Gasteiger partial charge < -0.3 is 10.4 Å². The standard InChI is InChI=1S/C16H14N4O4/c21-9-1-6-19-14(22)10-2-4-11(5-3-10)20-15(23)12-13(16(20)24)18-8-7-17-12/h2-5,7-8,21H,1,6,9H2,(H,19,22). The second-order valence-electron chi connectivity index (χ2n) is 5.08. The van der Waals surface area contributed by atoms with E-state index in [0.29, 0.717) is 24.2 Å². The second kappa shape index (κ2) is 6.55. The third-order valence-corrected chi connectivity index (χ3v) is 3.52. The molecule has 0 aliphatic carbocycles. The summed E-state index contributed by atoms with van der Waals surface area (Å²) < 4.78 is 0. The number of carbonyl (C=O) groups excluding carboxylic acids is 3. The highest BCUT2D eigenvalue weighted by Gasteiger charge is 2.39. The molecular weight excluding hydrogens is 312 g/mol. The van der Waals surface area contributed by atoms with Gasteiger partial charge >= 0.3 is 0 Å². The van der Waals surface area contributed by atoms with Crippen molar-refractivity contribution in [3.8, 4) is 0 Å². The largest absolute Gasteiger partial charge is 0.396 e. The summed E-state index contributed by atoms with van der Waals surface area (Å²) in [6.07, 6.45) is 3.18. The summed E-state index contributed by atoms with van der Waals surface area (Å²) >= 11 is 0. The first-order valence-corrected chi connectivity index (χ1v) is 7.32. The van der Waals surface area contributed by atoms with Crippen LogP contribution in [-0.2, 0) is 0 Å². The van der Waals surface area contributed by atoms with Crippen LogP contribution in [-0.4, -0.2) is 45.9 Å². The Hall–Kier alpha value is -3.13. The van der Waals surface area contributed by atoms with Crippen molar-refractivity contribution in [1.29, 1.82) is 0 Å². The Morgan fingerprint density at radius 1 is 1.04 bits per heavy atom. The summed E-state index contributed by atoms with van der Waals surface area (Å²) in [5.74, 6) is -1.37. The third-order valence-electron chi connectivity index (χ3n) is 3.52. The average Bonchev–Trinajstić information content (AvgIpc) is 2.87. The second-order valence-corrected chi connectivity index (χ2v) is 5.08. The maximum Gasteiger partial charge on any atom is 0.286 e. The molecule has 0 bridgehead atoms. The molecule has 1 aliphatic heterocycles. The van der Waals surface area contributed by atoms with Crippen molar-refractivity contribution in [2.75, 3.05) is 18.1 Å². The summed E-state index contributed by atoms with van der Waals surface area (Å²) in [5.41, 5.74) is 0.780. The Labute approximate surface area is 137 Å². The van der Waals surface area contributed by atoms with E-state index in [9.17, 15) is 14.4 Å². The number of nitrogens with one attached hydrogen (secondary N) is 1. The molecule has 1 aromatic heterocycles. The smallest absolute Gasteiger partial charge is 0.286 e. The molecule has 1 aromatic carbocycles. The molecule has 8 nitrogen and oxygen atoms in total. The molecule has 0 unspecified atom stereocenters. The molecule has 24 heavy (non-hydrogen) atoms. The lowest BCUT2D eigenvalue weighted by molar-refractivity contribution is 0.0920. The maximum absolute atomic E-state index is 12.3. The van der Waals surface area contributed by atoms with Gasteiger partial charge in [-0.05, 0) is 30.7 Å². The van der Waals surface area contributed by atoms with Gasteiger partial charge in [-0.1, -0.05) is 0 Å². The van der Waals surface area contributed by atoms with Crippen LogP contribution in [0.15, 0.2) is 36.7 Å². The maximum atomic E-state index is 12.3. The van der Waals surface area contributed by atoms with E-state index in [1.165, 1.54) is 36.7 Å². The van der Waals surface area contributed by atoms with Gasteiger partial charge in [0.1, 0.15) is 0 Å². The van der Waals surface area contributed by atoms with Gasteiger partial charge in [-0.15, -0.1) is 0 Å². The van der Waals surface area contributed by atoms with Crippen molar-refractivity contribution in [3.63, 3.8) is 0 Å². The first-order chi connectivity index (χ1) is 11.6. The predicted octanol–water partition coefficient (Wildman–Crippen LogP) is 0.389. The molecule has 0 fully saturated rings. The van der Waals surface area contributed by atoms with E-state index in [2.05, 4.69) is 15.3 Å². The number of imide groups is 1. The summed E-state index contributed by atoms with van der Waals surface area (Å²) in [7, 11) is 0. The summed E-state index contributed by atoms with van der Waals surface area (Å²) in [4.78, 5) is 45.3. The number of carbonyl (C=O) groups is 3. The van der Waals surface area contributed by atoms with Crippen LogP contribution in [0.1, 0.15) is 37.8 Å². The number of aromatic nitrogens is 2. The van der Waals surface area contributed by atoms with E-state index >= 15 is 0 Å². The highest BCUT2D eigenvalue weighted by Crippen LogP contribution is 2.25. The molecule has 3 rings (SSSR count). The molecule has 0 saturated heterocycles. The summed E-state index contributed by atoms with van der Waals surface area (Å²) in [6, 6.07) is 6.08. The van der Waals surface area contributed by atoms with E-state index in [0.717, 1.165) is 4.90 Å². The molecular formula is C16H14N4O4. The molecule has 2 N–H and O–H groups in total. The number of hydrogen-bond acceptors (Lipinski definition) is 6. The van der Waals surface area contributed by atoms with Crippen LogP contribution in [0.4, 0.5) is 5.69 Å². The Balaban J connectivity index is 1.79. The van der Waals surface area contributed by atoms with Crippen LogP contribution >= 0.6 is 0 Å². The number of aliphatic hydroxyl groups excluding tert-OH is 1. The van der Waals surface area contributed by atoms with E-state index in [1.54, 1.807) is 0 Å². The fraction of sp³-hybridized carbons (Fsp3) is 0.188. The van der Waals surface area contributed by atoms with Gasteiger partial charge in [0.05, 0.1) is 5.69 Å². The Morgan fingerprint density at radius 3 is 2.17 bits per heavy atom. The van der Waals surface area contributed by atoms with Crippen LogP contribution in [0.2, 0.25) is 0 Å². The number of benzene rings is 1. The molecule has 0 radical (unpaired) electrons. The molecule has 0 spiro atoms. The molecule has 0 saturated carbocycles. The highest BCUT2D eigenvalue weighted by molar-refractivity contribution is 6.33. The van der Waals surface area contributed by atoms with E-state index in [-0.39, 0.29) is 23.9 Å². The fourth-order valence-corrected chi connectivity index (χ4v) is 2.33. The zero-order valence-corrected chi connectivity index (χ0v) is 12.6. The molecule has 8 heteroatoms. The van der Waals surface area contributed by atoms with Crippen LogP contribution in [0.5, 0.6) is 0 Å². The Kier molecular flexibility index (Phi) is 4.30. The number of fused-ring (bicyclic) bond motifs is 1. The quantitative estimate of drug-likeness (QED) is 0.607. The van der Waals surface area contributed by atoms with E-state index < -0.39 is 11.8 Å². The van der Waals surface area contributed by atoms with Crippen molar-refractivity contribution in [3.05, 3.63) is 53.6 Å². The lowest BCUT2D eigenvalue weighted by Gasteiger charge is -2.13. The molecule has 122 valence electrons. The lowest BCUT2D eigenvalue weighted by Crippen LogP contribution is -2.30. The Morgan fingerprint density at radius 2 is 1.62 bits per heavy atom. The van der Waals surface area contributed by atoms with Crippen LogP contribution in [0.3, 0.4) is 0 Å². The van der Waals surface area contributed by atoms with Crippen molar-refractivity contribution in [2.45, 2.75) is 6.42 Å². The summed E-state index contributed by atoms with van der Waals surface area (Å²) in [5, 5.41) is 11.4. The minimum Gasteiger partial charge on any atom is -0.396 e. The predicted molar refractivity (Wildman–Crippen MR) is 83.7 cm³/mol. The number of amides is 3. The first kappa shape index (κ1) is 15.8. The van der Waals surface area contributed by atoms with E-state index in [1.807, 2.05) is 0 Å². The monoisotopic (exact) mass is 326 g/mol. The molecule has 0 atom stereocenters. The number of anilines is 1. The number of aliphatic hydroxyl groups is 1. The topological polar surface area (TPSA) is 112 Å². The van der Waals surface area contributed by atoms with Gasteiger partial charge in [-0.3, -0.25) is 14.4 Å². The number of hydrogen-bond donors (Lipinski definition) is 2. The van der Waals surface area contributed by atoms with Crippen molar-refractivity contribution in [2.24, 2.45) is 0 Å². The highest BCUT2D eigenvalue weighted by atomic mass is 16.3. The molecule has 1 aliphatic rings. The van der Waals surface area contributed by atoms with Gasteiger partial charge in [-0.25, -0.2) is 14.9 Å². The van der Waals surface area contributed by atoms with Crippen molar-refractivity contribution in [1.82, 2.24) is 15.3 Å².